The van der Waals surface area contributed by atoms with Crippen molar-refractivity contribution >= 4 is 11.7 Å². The van der Waals surface area contributed by atoms with E-state index in [1.165, 1.54) is 18.5 Å². The fourth-order valence-corrected chi connectivity index (χ4v) is 2.54. The zero-order chi connectivity index (χ0) is 16.4. The molecule has 0 unspecified atom stereocenters. The summed E-state index contributed by atoms with van der Waals surface area (Å²) in [6.45, 7) is 3.24. The molecule has 23 heavy (non-hydrogen) atoms. The van der Waals surface area contributed by atoms with Crippen molar-refractivity contribution in [3.05, 3.63) is 53.5 Å². The van der Waals surface area contributed by atoms with Gasteiger partial charge in [-0.2, -0.15) is 0 Å². The summed E-state index contributed by atoms with van der Waals surface area (Å²) in [5, 5.41) is 0. The third-order valence-corrected chi connectivity index (χ3v) is 3.81. The van der Waals surface area contributed by atoms with Gasteiger partial charge in [0.05, 0.1) is 6.54 Å². The average molecular weight is 318 g/mol. The van der Waals surface area contributed by atoms with Crippen molar-refractivity contribution < 1.29 is 13.6 Å². The Morgan fingerprint density at radius 1 is 1.17 bits per heavy atom. The van der Waals surface area contributed by atoms with Crippen LogP contribution in [0, 0.1) is 18.6 Å². The second kappa shape index (κ2) is 6.28. The van der Waals surface area contributed by atoms with Crippen molar-refractivity contribution in [1.82, 2.24) is 14.9 Å². The fourth-order valence-electron chi connectivity index (χ4n) is 2.54. The van der Waals surface area contributed by atoms with Gasteiger partial charge in [0.25, 0.3) is 0 Å². The Labute approximate surface area is 132 Å². The van der Waals surface area contributed by atoms with E-state index in [1.54, 1.807) is 4.90 Å². The average Bonchev–Trinajstić information content (AvgIpc) is 2.51. The fraction of sp³-hybridized carbons (Fsp3) is 0.312. The summed E-state index contributed by atoms with van der Waals surface area (Å²) in [6.07, 6.45) is 1.47. The highest BCUT2D eigenvalue weighted by molar-refractivity contribution is 5.82. The molecule has 1 fully saturated rings. The highest BCUT2D eigenvalue weighted by Gasteiger charge is 2.25. The quantitative estimate of drug-likeness (QED) is 0.867. The van der Waals surface area contributed by atoms with Gasteiger partial charge in [-0.3, -0.25) is 4.79 Å². The summed E-state index contributed by atoms with van der Waals surface area (Å²) in [5.41, 5.74) is 1.14. The maximum Gasteiger partial charge on any atom is 0.242 e. The van der Waals surface area contributed by atoms with Crippen LogP contribution in [0.1, 0.15) is 11.3 Å². The summed E-state index contributed by atoms with van der Waals surface area (Å²) in [4.78, 5) is 23.9. The van der Waals surface area contributed by atoms with E-state index in [9.17, 15) is 13.6 Å². The molecule has 0 atom stereocenters. The summed E-state index contributed by atoms with van der Waals surface area (Å²) in [6, 6.07) is 5.23. The van der Waals surface area contributed by atoms with Crippen molar-refractivity contribution in [3.8, 4) is 0 Å². The van der Waals surface area contributed by atoms with Gasteiger partial charge in [0.2, 0.25) is 5.91 Å². The number of benzene rings is 1. The number of hydrogen-bond donors (Lipinski definition) is 0. The Morgan fingerprint density at radius 2 is 2.00 bits per heavy atom. The van der Waals surface area contributed by atoms with E-state index in [1.807, 2.05) is 17.9 Å². The molecule has 2 aromatic rings. The first kappa shape index (κ1) is 15.3. The molecule has 0 spiro atoms. The lowest BCUT2D eigenvalue weighted by atomic mass is 10.1. The molecule has 0 bridgehead atoms. The number of halogens is 2. The minimum atomic E-state index is -0.633. The molecule has 0 saturated carbocycles. The van der Waals surface area contributed by atoms with Crippen LogP contribution in [0.25, 0.3) is 0 Å². The lowest BCUT2D eigenvalue weighted by Gasteiger charge is -2.35. The van der Waals surface area contributed by atoms with Crippen molar-refractivity contribution in [2.24, 2.45) is 0 Å². The van der Waals surface area contributed by atoms with Crippen LogP contribution in [0.5, 0.6) is 0 Å². The molecule has 3 rings (SSSR count). The number of aryl methyl sites for hydroxylation is 1. The molecule has 5 nitrogen and oxygen atoms in total. The zero-order valence-corrected chi connectivity index (χ0v) is 12.7. The summed E-state index contributed by atoms with van der Waals surface area (Å²) in [7, 11) is 0. The molecule has 120 valence electrons. The SMILES string of the molecule is Cc1cc(N2CCN(Cc3ccc(F)cc3F)C(=O)C2)ncn1. The Bertz CT molecular complexity index is 738. The monoisotopic (exact) mass is 318 g/mol. The predicted octanol–water partition coefficient (Wildman–Crippen LogP) is 1.91. The Morgan fingerprint density at radius 3 is 2.70 bits per heavy atom. The first-order valence-electron chi connectivity index (χ1n) is 7.28. The number of piperazine rings is 1. The number of amides is 1. The van der Waals surface area contributed by atoms with E-state index in [0.29, 0.717) is 24.5 Å². The molecule has 7 heteroatoms. The van der Waals surface area contributed by atoms with Gasteiger partial charge in [-0.25, -0.2) is 18.7 Å². The van der Waals surface area contributed by atoms with Gasteiger partial charge in [0.15, 0.2) is 0 Å². The molecule has 0 aliphatic carbocycles. The van der Waals surface area contributed by atoms with Gasteiger partial charge < -0.3 is 9.80 Å². The van der Waals surface area contributed by atoms with Gasteiger partial charge in [-0.15, -0.1) is 0 Å². The minimum Gasteiger partial charge on any atom is -0.345 e. The zero-order valence-electron chi connectivity index (χ0n) is 12.7. The summed E-state index contributed by atoms with van der Waals surface area (Å²) >= 11 is 0. The minimum absolute atomic E-state index is 0.115. The van der Waals surface area contributed by atoms with Crippen LogP contribution in [0.3, 0.4) is 0 Å². The number of rotatable bonds is 3. The number of nitrogens with zero attached hydrogens (tertiary/aromatic N) is 4. The van der Waals surface area contributed by atoms with Crippen molar-refractivity contribution in [1.29, 1.82) is 0 Å². The van der Waals surface area contributed by atoms with Gasteiger partial charge in [-0.1, -0.05) is 6.07 Å². The van der Waals surface area contributed by atoms with Crippen molar-refractivity contribution in [2.45, 2.75) is 13.5 Å². The van der Waals surface area contributed by atoms with Crippen LogP contribution in [-0.2, 0) is 11.3 Å². The molecule has 1 aromatic heterocycles. The number of aromatic nitrogens is 2. The third kappa shape index (κ3) is 3.44. The Hall–Kier alpha value is -2.57. The van der Waals surface area contributed by atoms with E-state index in [-0.39, 0.29) is 19.0 Å². The van der Waals surface area contributed by atoms with E-state index < -0.39 is 11.6 Å². The Kier molecular flexibility index (Phi) is 4.18. The van der Waals surface area contributed by atoms with Gasteiger partial charge in [0, 0.05) is 43.0 Å². The first-order chi connectivity index (χ1) is 11.0. The van der Waals surface area contributed by atoms with E-state index in [0.717, 1.165) is 11.8 Å². The number of anilines is 1. The number of hydrogen-bond acceptors (Lipinski definition) is 4. The lowest BCUT2D eigenvalue weighted by molar-refractivity contribution is -0.131. The van der Waals surface area contributed by atoms with Crippen LogP contribution < -0.4 is 4.90 Å². The molecular weight excluding hydrogens is 302 g/mol. The molecule has 1 aliphatic heterocycles. The summed E-state index contributed by atoms with van der Waals surface area (Å²) in [5.74, 6) is -0.664. The molecule has 2 heterocycles. The lowest BCUT2D eigenvalue weighted by Crippen LogP contribution is -2.50. The summed E-state index contributed by atoms with van der Waals surface area (Å²) < 4.78 is 26.6. The normalized spacial score (nSPS) is 15.2. The number of carbonyl (C=O) groups is 1. The first-order valence-corrected chi connectivity index (χ1v) is 7.28. The topological polar surface area (TPSA) is 49.3 Å². The van der Waals surface area contributed by atoms with E-state index >= 15 is 0 Å². The van der Waals surface area contributed by atoms with Gasteiger partial charge >= 0.3 is 0 Å². The van der Waals surface area contributed by atoms with Gasteiger partial charge in [0.1, 0.15) is 23.8 Å². The molecule has 0 N–H and O–H groups in total. The van der Waals surface area contributed by atoms with E-state index in [4.69, 9.17) is 0 Å². The molecule has 1 aromatic carbocycles. The van der Waals surface area contributed by atoms with Crippen LogP contribution >= 0.6 is 0 Å². The highest BCUT2D eigenvalue weighted by Crippen LogP contribution is 2.17. The standard InChI is InChI=1S/C16H16F2N4O/c1-11-6-15(20-10-19-11)21-4-5-22(16(23)9-21)8-12-2-3-13(17)7-14(12)18/h2-3,6-7,10H,4-5,8-9H2,1H3. The van der Waals surface area contributed by atoms with Crippen LogP contribution in [0.15, 0.2) is 30.6 Å². The van der Waals surface area contributed by atoms with Crippen LogP contribution in [0.4, 0.5) is 14.6 Å². The molecule has 1 amide bonds. The third-order valence-electron chi connectivity index (χ3n) is 3.81. The highest BCUT2D eigenvalue weighted by atomic mass is 19.1. The molecule has 1 aliphatic rings. The molecule has 1 saturated heterocycles. The second-order valence-corrected chi connectivity index (χ2v) is 5.49. The molecular formula is C16H16F2N4O. The largest absolute Gasteiger partial charge is 0.345 e. The maximum absolute atomic E-state index is 13.7. The maximum atomic E-state index is 13.7. The van der Waals surface area contributed by atoms with Crippen molar-refractivity contribution in [3.63, 3.8) is 0 Å². The van der Waals surface area contributed by atoms with Gasteiger partial charge in [-0.05, 0) is 13.0 Å². The van der Waals surface area contributed by atoms with Crippen LogP contribution in [-0.4, -0.2) is 40.4 Å². The van der Waals surface area contributed by atoms with Crippen LogP contribution in [0.2, 0.25) is 0 Å². The molecule has 0 radical (unpaired) electrons. The van der Waals surface area contributed by atoms with Crippen molar-refractivity contribution in [2.75, 3.05) is 24.5 Å². The predicted molar refractivity (Wildman–Crippen MR) is 80.8 cm³/mol. The Balaban J connectivity index is 1.68. The second-order valence-electron chi connectivity index (χ2n) is 5.49. The van der Waals surface area contributed by atoms with E-state index in [2.05, 4.69) is 9.97 Å². The smallest absolute Gasteiger partial charge is 0.242 e. The number of carbonyl (C=O) groups excluding carboxylic acids is 1.